The second-order valence-corrected chi connectivity index (χ2v) is 5.82. The molecule has 0 bridgehead atoms. The summed E-state index contributed by atoms with van der Waals surface area (Å²) < 4.78 is 0. The highest BCUT2D eigenvalue weighted by Gasteiger charge is 2.09. The molecule has 1 aromatic heterocycles. The van der Waals surface area contributed by atoms with Crippen LogP contribution in [0.3, 0.4) is 0 Å². The van der Waals surface area contributed by atoms with Crippen LogP contribution in [-0.2, 0) is 6.54 Å². The van der Waals surface area contributed by atoms with Gasteiger partial charge in [-0.25, -0.2) is 0 Å². The molecular weight excluding hydrogens is 232 g/mol. The van der Waals surface area contributed by atoms with Crippen molar-refractivity contribution in [3.63, 3.8) is 0 Å². The topological polar surface area (TPSA) is 24.9 Å². The maximum atomic E-state index is 4.79. The molecule has 1 N–H and O–H groups in total. The highest BCUT2D eigenvalue weighted by atomic mass is 14.8. The Morgan fingerprint density at radius 1 is 1.05 bits per heavy atom. The third-order valence-electron chi connectivity index (χ3n) is 3.56. The third kappa shape index (κ3) is 2.95. The van der Waals surface area contributed by atoms with Gasteiger partial charge in [0.25, 0.3) is 0 Å². The van der Waals surface area contributed by atoms with E-state index in [0.717, 1.165) is 12.1 Å². The first-order valence-corrected chi connectivity index (χ1v) is 7.11. The highest BCUT2D eigenvalue weighted by molar-refractivity contribution is 5.83. The summed E-state index contributed by atoms with van der Waals surface area (Å²) in [5.41, 5.74) is 5.01. The molecule has 0 aliphatic heterocycles. The van der Waals surface area contributed by atoms with Gasteiger partial charge in [0, 0.05) is 17.6 Å². The van der Waals surface area contributed by atoms with E-state index in [1.807, 2.05) is 7.05 Å². The van der Waals surface area contributed by atoms with Crippen LogP contribution in [0.5, 0.6) is 0 Å². The van der Waals surface area contributed by atoms with Gasteiger partial charge in [-0.15, -0.1) is 0 Å². The van der Waals surface area contributed by atoms with E-state index in [2.05, 4.69) is 57.3 Å². The normalized spacial score (nSPS) is 11.7. The fourth-order valence-corrected chi connectivity index (χ4v) is 2.33. The van der Waals surface area contributed by atoms with Crippen LogP contribution in [0, 0.1) is 0 Å². The van der Waals surface area contributed by atoms with Crippen molar-refractivity contribution in [2.75, 3.05) is 7.05 Å². The number of fused-ring (bicyclic) bond motifs is 1. The third-order valence-corrected chi connectivity index (χ3v) is 3.56. The molecule has 1 aromatic carbocycles. The number of nitrogens with one attached hydrogen (secondary N) is 1. The van der Waals surface area contributed by atoms with Crippen LogP contribution >= 0.6 is 0 Å². The van der Waals surface area contributed by atoms with E-state index in [1.54, 1.807) is 0 Å². The number of aromatic nitrogens is 1. The lowest BCUT2D eigenvalue weighted by atomic mass is 9.97. The summed E-state index contributed by atoms with van der Waals surface area (Å²) in [7, 11) is 1.99. The standard InChI is InChI=1S/C17H24N2/c1-11(2)13-6-7-16-15(8-13)14(10-18-5)9-17(19-16)12(3)4/h6-9,11-12,18H,10H2,1-5H3. The second kappa shape index (κ2) is 5.70. The molecule has 0 amide bonds. The smallest absolute Gasteiger partial charge is 0.0708 e. The van der Waals surface area contributed by atoms with E-state index >= 15 is 0 Å². The van der Waals surface area contributed by atoms with Crippen LogP contribution in [-0.4, -0.2) is 12.0 Å². The van der Waals surface area contributed by atoms with Crippen molar-refractivity contribution < 1.29 is 0 Å². The maximum Gasteiger partial charge on any atom is 0.0708 e. The molecule has 0 aliphatic carbocycles. The fraction of sp³-hybridized carbons (Fsp3) is 0.471. The molecule has 2 heteroatoms. The molecule has 0 fully saturated rings. The molecule has 2 aromatic rings. The van der Waals surface area contributed by atoms with Gasteiger partial charge in [-0.1, -0.05) is 33.8 Å². The van der Waals surface area contributed by atoms with E-state index in [-0.39, 0.29) is 0 Å². The Labute approximate surface area is 116 Å². The molecule has 0 radical (unpaired) electrons. The van der Waals surface area contributed by atoms with Crippen molar-refractivity contribution in [3.8, 4) is 0 Å². The predicted octanol–water partition coefficient (Wildman–Crippen LogP) is 4.20. The average Bonchev–Trinajstić information content (AvgIpc) is 2.38. The van der Waals surface area contributed by atoms with Crippen LogP contribution in [0.2, 0.25) is 0 Å². The number of nitrogens with zero attached hydrogens (tertiary/aromatic N) is 1. The van der Waals surface area contributed by atoms with E-state index in [0.29, 0.717) is 11.8 Å². The molecule has 0 spiro atoms. The number of benzene rings is 1. The minimum Gasteiger partial charge on any atom is -0.316 e. The SMILES string of the molecule is CNCc1cc(C(C)C)nc2ccc(C(C)C)cc12. The largest absolute Gasteiger partial charge is 0.316 e. The molecule has 19 heavy (non-hydrogen) atoms. The van der Waals surface area contributed by atoms with Crippen molar-refractivity contribution in [2.24, 2.45) is 0 Å². The zero-order valence-electron chi connectivity index (χ0n) is 12.6. The molecule has 2 rings (SSSR count). The van der Waals surface area contributed by atoms with Crippen LogP contribution in [0.25, 0.3) is 10.9 Å². The van der Waals surface area contributed by atoms with Crippen molar-refractivity contribution in [1.29, 1.82) is 0 Å². The van der Waals surface area contributed by atoms with E-state index in [4.69, 9.17) is 4.98 Å². The van der Waals surface area contributed by atoms with Gasteiger partial charge in [-0.2, -0.15) is 0 Å². The first-order valence-electron chi connectivity index (χ1n) is 7.11. The molecule has 1 heterocycles. The Morgan fingerprint density at radius 2 is 1.79 bits per heavy atom. The molecule has 0 unspecified atom stereocenters. The van der Waals surface area contributed by atoms with Crippen molar-refractivity contribution in [1.82, 2.24) is 10.3 Å². The van der Waals surface area contributed by atoms with Gasteiger partial charge < -0.3 is 5.32 Å². The minimum absolute atomic E-state index is 0.463. The average molecular weight is 256 g/mol. The first-order chi connectivity index (χ1) is 9.02. The van der Waals surface area contributed by atoms with Gasteiger partial charge in [0.05, 0.1) is 5.52 Å². The minimum atomic E-state index is 0.463. The van der Waals surface area contributed by atoms with Gasteiger partial charge in [0.1, 0.15) is 0 Å². The summed E-state index contributed by atoms with van der Waals surface area (Å²) in [6.45, 7) is 9.74. The predicted molar refractivity (Wildman–Crippen MR) is 82.7 cm³/mol. The van der Waals surface area contributed by atoms with Gasteiger partial charge in [0.2, 0.25) is 0 Å². The van der Waals surface area contributed by atoms with Gasteiger partial charge in [0.15, 0.2) is 0 Å². The number of hydrogen-bond acceptors (Lipinski definition) is 2. The maximum absolute atomic E-state index is 4.79. The van der Waals surface area contributed by atoms with Crippen molar-refractivity contribution in [2.45, 2.75) is 46.1 Å². The van der Waals surface area contributed by atoms with Gasteiger partial charge >= 0.3 is 0 Å². The molecule has 0 atom stereocenters. The highest BCUT2D eigenvalue weighted by Crippen LogP contribution is 2.26. The van der Waals surface area contributed by atoms with Gasteiger partial charge in [-0.3, -0.25) is 4.98 Å². The van der Waals surface area contributed by atoms with Crippen molar-refractivity contribution in [3.05, 3.63) is 41.1 Å². The van der Waals surface area contributed by atoms with E-state index in [9.17, 15) is 0 Å². The summed E-state index contributed by atoms with van der Waals surface area (Å²) in [5.74, 6) is 1.02. The summed E-state index contributed by atoms with van der Waals surface area (Å²) >= 11 is 0. The van der Waals surface area contributed by atoms with E-state index in [1.165, 1.54) is 22.2 Å². The monoisotopic (exact) mass is 256 g/mol. The van der Waals surface area contributed by atoms with Crippen LogP contribution in [0.4, 0.5) is 0 Å². The Hall–Kier alpha value is -1.41. The first kappa shape index (κ1) is 14.0. The fourth-order valence-electron chi connectivity index (χ4n) is 2.33. The lowest BCUT2D eigenvalue weighted by molar-refractivity contribution is 0.797. The number of hydrogen-bond donors (Lipinski definition) is 1. The zero-order chi connectivity index (χ0) is 14.0. The summed E-state index contributed by atoms with van der Waals surface area (Å²) in [4.78, 5) is 4.79. The Kier molecular flexibility index (Phi) is 4.20. The summed E-state index contributed by atoms with van der Waals surface area (Å²) in [6.07, 6.45) is 0. The molecule has 0 aliphatic rings. The Morgan fingerprint density at radius 3 is 2.37 bits per heavy atom. The van der Waals surface area contributed by atoms with Gasteiger partial charge in [-0.05, 0) is 48.2 Å². The lowest BCUT2D eigenvalue weighted by Crippen LogP contribution is -2.08. The summed E-state index contributed by atoms with van der Waals surface area (Å²) in [6, 6.07) is 8.90. The summed E-state index contributed by atoms with van der Waals surface area (Å²) in [5, 5.41) is 4.55. The van der Waals surface area contributed by atoms with Crippen LogP contribution < -0.4 is 5.32 Å². The van der Waals surface area contributed by atoms with Crippen molar-refractivity contribution >= 4 is 10.9 Å². The zero-order valence-corrected chi connectivity index (χ0v) is 12.6. The second-order valence-electron chi connectivity index (χ2n) is 5.82. The lowest BCUT2D eigenvalue weighted by Gasteiger charge is -2.14. The molecule has 102 valence electrons. The number of rotatable bonds is 4. The Bertz CT molecular complexity index is 571. The molecule has 0 saturated heterocycles. The van der Waals surface area contributed by atoms with Crippen LogP contribution in [0.1, 0.15) is 56.4 Å². The molecule has 0 saturated carbocycles. The molecular formula is C17H24N2. The van der Waals surface area contributed by atoms with Crippen LogP contribution in [0.15, 0.2) is 24.3 Å². The Balaban J connectivity index is 2.64. The number of pyridine rings is 1. The van der Waals surface area contributed by atoms with E-state index < -0.39 is 0 Å². The quantitative estimate of drug-likeness (QED) is 0.886. The molecule has 2 nitrogen and oxygen atoms in total.